The number of hydrogen-bond donors (Lipinski definition) is 1. The van der Waals surface area contributed by atoms with E-state index >= 15 is 0 Å². The number of amides is 2. The van der Waals surface area contributed by atoms with Crippen LogP contribution in [0.4, 0.5) is 0 Å². The Morgan fingerprint density at radius 3 is 2.55 bits per heavy atom. The van der Waals surface area contributed by atoms with Gasteiger partial charge >= 0.3 is 0 Å². The second-order valence-electron chi connectivity index (χ2n) is 6.91. The quantitative estimate of drug-likeness (QED) is 0.929. The van der Waals surface area contributed by atoms with Gasteiger partial charge < -0.3 is 10.2 Å². The standard InChI is InChI=1S/C18H26N2O2/c1-18(2,3)17(22)19-12-11-16(21)20-13-7-10-15(20)14-8-5-4-6-9-14/h4-6,8-9,15H,7,10-13H2,1-3H3,(H,19,22). The van der Waals surface area contributed by atoms with Gasteiger partial charge in [0.15, 0.2) is 0 Å². The van der Waals surface area contributed by atoms with Gasteiger partial charge in [0.2, 0.25) is 11.8 Å². The van der Waals surface area contributed by atoms with Gasteiger partial charge in [-0.3, -0.25) is 9.59 Å². The first-order chi connectivity index (χ1) is 10.4. The Bertz CT molecular complexity index is 520. The van der Waals surface area contributed by atoms with E-state index in [2.05, 4.69) is 17.4 Å². The summed E-state index contributed by atoms with van der Waals surface area (Å²) in [5.41, 5.74) is 0.788. The summed E-state index contributed by atoms with van der Waals surface area (Å²) in [5, 5.41) is 2.85. The minimum atomic E-state index is -0.413. The van der Waals surface area contributed by atoms with Crippen molar-refractivity contribution in [1.82, 2.24) is 10.2 Å². The molecule has 4 heteroatoms. The maximum absolute atomic E-state index is 12.4. The molecule has 1 unspecified atom stereocenters. The number of carbonyl (C=O) groups excluding carboxylic acids is 2. The number of likely N-dealkylation sites (tertiary alicyclic amines) is 1. The maximum atomic E-state index is 12.4. The summed E-state index contributed by atoms with van der Waals surface area (Å²) >= 11 is 0. The second kappa shape index (κ2) is 6.95. The van der Waals surface area contributed by atoms with Gasteiger partial charge in [-0.2, -0.15) is 0 Å². The van der Waals surface area contributed by atoms with Crippen LogP contribution in [0.5, 0.6) is 0 Å². The fourth-order valence-electron chi connectivity index (χ4n) is 2.78. The van der Waals surface area contributed by atoms with E-state index in [1.54, 1.807) is 0 Å². The van der Waals surface area contributed by atoms with E-state index in [1.165, 1.54) is 5.56 Å². The molecule has 0 aliphatic carbocycles. The predicted molar refractivity (Wildman–Crippen MR) is 87.2 cm³/mol. The van der Waals surface area contributed by atoms with Gasteiger partial charge in [-0.15, -0.1) is 0 Å². The Hall–Kier alpha value is -1.84. The van der Waals surface area contributed by atoms with Crippen molar-refractivity contribution in [3.05, 3.63) is 35.9 Å². The van der Waals surface area contributed by atoms with Crippen LogP contribution in [0.2, 0.25) is 0 Å². The Balaban J connectivity index is 1.88. The van der Waals surface area contributed by atoms with Crippen LogP contribution in [-0.4, -0.2) is 29.8 Å². The minimum absolute atomic E-state index is 0.0127. The van der Waals surface area contributed by atoms with Gasteiger partial charge in [0.25, 0.3) is 0 Å². The van der Waals surface area contributed by atoms with Crippen LogP contribution < -0.4 is 5.32 Å². The third-order valence-electron chi connectivity index (χ3n) is 4.06. The van der Waals surface area contributed by atoms with Crippen molar-refractivity contribution >= 4 is 11.8 Å². The van der Waals surface area contributed by atoms with Crippen LogP contribution in [-0.2, 0) is 9.59 Å². The van der Waals surface area contributed by atoms with Gasteiger partial charge in [-0.1, -0.05) is 51.1 Å². The molecule has 1 aromatic rings. The zero-order valence-electron chi connectivity index (χ0n) is 13.8. The van der Waals surface area contributed by atoms with Crippen molar-refractivity contribution in [2.24, 2.45) is 5.41 Å². The van der Waals surface area contributed by atoms with Gasteiger partial charge in [-0.25, -0.2) is 0 Å². The fourth-order valence-corrected chi connectivity index (χ4v) is 2.78. The lowest BCUT2D eigenvalue weighted by atomic mass is 9.96. The van der Waals surface area contributed by atoms with E-state index in [1.807, 2.05) is 43.9 Å². The molecular formula is C18H26N2O2. The summed E-state index contributed by atoms with van der Waals surface area (Å²) < 4.78 is 0. The molecule has 4 nitrogen and oxygen atoms in total. The molecule has 120 valence electrons. The number of nitrogens with zero attached hydrogens (tertiary/aromatic N) is 1. The molecule has 1 aliphatic rings. The Morgan fingerprint density at radius 2 is 1.91 bits per heavy atom. The topological polar surface area (TPSA) is 49.4 Å². The molecule has 22 heavy (non-hydrogen) atoms. The molecule has 1 heterocycles. The first-order valence-electron chi connectivity index (χ1n) is 8.02. The average molecular weight is 302 g/mol. The maximum Gasteiger partial charge on any atom is 0.225 e. The minimum Gasteiger partial charge on any atom is -0.355 e. The highest BCUT2D eigenvalue weighted by atomic mass is 16.2. The molecular weight excluding hydrogens is 276 g/mol. The zero-order chi connectivity index (χ0) is 16.2. The van der Waals surface area contributed by atoms with Gasteiger partial charge in [0, 0.05) is 24.9 Å². The molecule has 0 saturated carbocycles. The van der Waals surface area contributed by atoms with Crippen LogP contribution in [0.15, 0.2) is 30.3 Å². The van der Waals surface area contributed by atoms with E-state index in [0.29, 0.717) is 13.0 Å². The van der Waals surface area contributed by atoms with Crippen molar-refractivity contribution in [3.63, 3.8) is 0 Å². The van der Waals surface area contributed by atoms with Crippen molar-refractivity contribution in [3.8, 4) is 0 Å². The molecule has 2 rings (SSSR count). The first-order valence-corrected chi connectivity index (χ1v) is 8.02. The summed E-state index contributed by atoms with van der Waals surface area (Å²) in [4.78, 5) is 26.2. The van der Waals surface area contributed by atoms with E-state index in [9.17, 15) is 9.59 Å². The Labute approximate surface area is 132 Å². The van der Waals surface area contributed by atoms with Crippen LogP contribution >= 0.6 is 0 Å². The predicted octanol–water partition coefficient (Wildman–Crippen LogP) is 2.90. The highest BCUT2D eigenvalue weighted by molar-refractivity contribution is 5.82. The highest BCUT2D eigenvalue weighted by Crippen LogP contribution is 2.32. The van der Waals surface area contributed by atoms with Crippen LogP contribution in [0.3, 0.4) is 0 Å². The lowest BCUT2D eigenvalue weighted by Gasteiger charge is -2.25. The summed E-state index contributed by atoms with van der Waals surface area (Å²) in [6.07, 6.45) is 2.43. The van der Waals surface area contributed by atoms with E-state index in [0.717, 1.165) is 19.4 Å². The third kappa shape index (κ3) is 4.09. The molecule has 0 bridgehead atoms. The third-order valence-corrected chi connectivity index (χ3v) is 4.06. The first kappa shape index (κ1) is 16.5. The van der Waals surface area contributed by atoms with Crippen molar-refractivity contribution in [2.75, 3.05) is 13.1 Å². The molecule has 1 aliphatic heterocycles. The summed E-state index contributed by atoms with van der Waals surface area (Å²) in [7, 11) is 0. The fraction of sp³-hybridized carbons (Fsp3) is 0.556. The molecule has 1 N–H and O–H groups in total. The smallest absolute Gasteiger partial charge is 0.225 e. The van der Waals surface area contributed by atoms with E-state index in [4.69, 9.17) is 0 Å². The molecule has 2 amide bonds. The molecule has 0 radical (unpaired) electrons. The number of nitrogens with one attached hydrogen (secondary N) is 1. The molecule has 0 spiro atoms. The molecule has 1 saturated heterocycles. The van der Waals surface area contributed by atoms with Crippen molar-refractivity contribution in [2.45, 2.75) is 46.1 Å². The van der Waals surface area contributed by atoms with Crippen LogP contribution in [0.25, 0.3) is 0 Å². The number of rotatable bonds is 4. The van der Waals surface area contributed by atoms with Gasteiger partial charge in [0.1, 0.15) is 0 Å². The largest absolute Gasteiger partial charge is 0.355 e. The summed E-state index contributed by atoms with van der Waals surface area (Å²) in [6.45, 7) is 6.83. The Kier molecular flexibility index (Phi) is 5.22. The van der Waals surface area contributed by atoms with Gasteiger partial charge in [0.05, 0.1) is 6.04 Å². The lowest BCUT2D eigenvalue weighted by molar-refractivity contribution is -0.132. The molecule has 1 atom stereocenters. The molecule has 1 fully saturated rings. The normalized spacial score (nSPS) is 18.3. The van der Waals surface area contributed by atoms with Crippen molar-refractivity contribution < 1.29 is 9.59 Å². The monoisotopic (exact) mass is 302 g/mol. The number of carbonyl (C=O) groups is 2. The SMILES string of the molecule is CC(C)(C)C(=O)NCCC(=O)N1CCCC1c1ccccc1. The summed E-state index contributed by atoms with van der Waals surface area (Å²) in [5.74, 6) is 0.113. The lowest BCUT2D eigenvalue weighted by Crippen LogP contribution is -2.38. The average Bonchev–Trinajstić information content (AvgIpc) is 2.96. The second-order valence-corrected chi connectivity index (χ2v) is 6.91. The zero-order valence-corrected chi connectivity index (χ0v) is 13.8. The van der Waals surface area contributed by atoms with Gasteiger partial charge in [-0.05, 0) is 18.4 Å². The highest BCUT2D eigenvalue weighted by Gasteiger charge is 2.29. The van der Waals surface area contributed by atoms with Crippen molar-refractivity contribution in [1.29, 1.82) is 0 Å². The molecule has 1 aromatic carbocycles. The van der Waals surface area contributed by atoms with E-state index < -0.39 is 5.41 Å². The van der Waals surface area contributed by atoms with E-state index in [-0.39, 0.29) is 17.9 Å². The number of hydrogen-bond acceptors (Lipinski definition) is 2. The molecule has 0 aromatic heterocycles. The summed E-state index contributed by atoms with van der Waals surface area (Å²) in [6, 6.07) is 10.4. The number of benzene rings is 1. The van der Waals surface area contributed by atoms with Crippen LogP contribution in [0, 0.1) is 5.41 Å². The van der Waals surface area contributed by atoms with Crippen LogP contribution in [0.1, 0.15) is 51.6 Å². The Morgan fingerprint density at radius 1 is 1.23 bits per heavy atom.